The summed E-state index contributed by atoms with van der Waals surface area (Å²) in [6.45, 7) is 11.0. The number of halogens is 1. The molecule has 1 aromatic carbocycles. The summed E-state index contributed by atoms with van der Waals surface area (Å²) in [4.78, 5) is 19.8. The van der Waals surface area contributed by atoms with Gasteiger partial charge in [-0.2, -0.15) is 0 Å². The number of hydrogen-bond acceptors (Lipinski definition) is 3. The number of benzene rings is 1. The smallest absolute Gasteiger partial charge is 0.223 e. The van der Waals surface area contributed by atoms with Crippen LogP contribution in [0.5, 0.6) is 0 Å². The number of rotatable bonds is 6. The van der Waals surface area contributed by atoms with Gasteiger partial charge in [0.1, 0.15) is 0 Å². The van der Waals surface area contributed by atoms with Gasteiger partial charge in [-0.25, -0.2) is 0 Å². The minimum absolute atomic E-state index is 0.0436. The van der Waals surface area contributed by atoms with Gasteiger partial charge >= 0.3 is 0 Å². The van der Waals surface area contributed by atoms with E-state index in [9.17, 15) is 4.79 Å². The SMILES string of the molecule is C=CCN(C[C@H]1CC(c2ccc(Cl)cc2)=NO1)C(=O)CC(C)(C)C. The Kier molecular flexibility index (Phi) is 6.05. The summed E-state index contributed by atoms with van der Waals surface area (Å²) in [6, 6.07) is 7.53. The van der Waals surface area contributed by atoms with Crippen molar-refractivity contribution >= 4 is 23.2 Å². The topological polar surface area (TPSA) is 41.9 Å². The van der Waals surface area contributed by atoms with Gasteiger partial charge in [-0.1, -0.05) is 55.7 Å². The zero-order valence-corrected chi connectivity index (χ0v) is 15.3. The summed E-state index contributed by atoms with van der Waals surface area (Å²) in [6.07, 6.45) is 2.80. The summed E-state index contributed by atoms with van der Waals surface area (Å²) in [5, 5.41) is 4.87. The van der Waals surface area contributed by atoms with Gasteiger partial charge in [-0.3, -0.25) is 4.79 Å². The lowest BCUT2D eigenvalue weighted by molar-refractivity contribution is -0.134. The molecule has 1 aromatic rings. The lowest BCUT2D eigenvalue weighted by Crippen LogP contribution is -2.39. The number of oxime groups is 1. The average Bonchev–Trinajstić information content (AvgIpc) is 2.94. The minimum Gasteiger partial charge on any atom is -0.390 e. The van der Waals surface area contributed by atoms with Gasteiger partial charge in [0.05, 0.1) is 12.3 Å². The molecular weight excluding hydrogens is 324 g/mol. The highest BCUT2D eigenvalue weighted by Crippen LogP contribution is 2.22. The molecule has 1 amide bonds. The van der Waals surface area contributed by atoms with E-state index in [0.717, 1.165) is 11.3 Å². The van der Waals surface area contributed by atoms with Gasteiger partial charge in [0, 0.05) is 24.4 Å². The first-order valence-electron chi connectivity index (χ1n) is 8.16. The number of carbonyl (C=O) groups excluding carboxylic acids is 1. The van der Waals surface area contributed by atoms with Gasteiger partial charge in [0.15, 0.2) is 6.10 Å². The summed E-state index contributed by atoms with van der Waals surface area (Å²) in [5.74, 6) is 0.117. The van der Waals surface area contributed by atoms with Crippen LogP contribution in [0.15, 0.2) is 42.1 Å². The Bertz CT molecular complexity index is 617. The molecule has 2 rings (SSSR count). The fourth-order valence-electron chi connectivity index (χ4n) is 2.58. The zero-order valence-electron chi connectivity index (χ0n) is 14.6. The first kappa shape index (κ1) is 18.5. The van der Waals surface area contributed by atoms with E-state index in [1.54, 1.807) is 11.0 Å². The molecule has 1 heterocycles. The van der Waals surface area contributed by atoms with Crippen LogP contribution < -0.4 is 0 Å². The maximum absolute atomic E-state index is 12.5. The van der Waals surface area contributed by atoms with Gasteiger partial charge in [-0.05, 0) is 23.1 Å². The third-order valence-electron chi connectivity index (χ3n) is 3.72. The maximum Gasteiger partial charge on any atom is 0.223 e. The van der Waals surface area contributed by atoms with Crippen LogP contribution in [0.2, 0.25) is 5.02 Å². The Hall–Kier alpha value is -1.81. The van der Waals surface area contributed by atoms with Gasteiger partial charge in [-0.15, -0.1) is 6.58 Å². The molecule has 0 spiro atoms. The molecule has 0 bridgehead atoms. The third kappa shape index (κ3) is 5.38. The van der Waals surface area contributed by atoms with Crippen LogP contribution in [0.1, 0.15) is 39.2 Å². The summed E-state index contributed by atoms with van der Waals surface area (Å²) in [5.41, 5.74) is 1.84. The highest BCUT2D eigenvalue weighted by molar-refractivity contribution is 6.30. The highest BCUT2D eigenvalue weighted by Gasteiger charge is 2.27. The Morgan fingerprint density at radius 3 is 2.67 bits per heavy atom. The Morgan fingerprint density at radius 2 is 2.08 bits per heavy atom. The average molecular weight is 349 g/mol. The van der Waals surface area contributed by atoms with Gasteiger partial charge in [0.2, 0.25) is 5.91 Å². The number of nitrogens with zero attached hydrogens (tertiary/aromatic N) is 2. The molecule has 0 aliphatic carbocycles. The molecule has 130 valence electrons. The van der Waals surface area contributed by atoms with E-state index in [-0.39, 0.29) is 17.4 Å². The van der Waals surface area contributed by atoms with E-state index in [1.165, 1.54) is 0 Å². The predicted octanol–water partition coefficient (Wildman–Crippen LogP) is 4.28. The second kappa shape index (κ2) is 7.84. The monoisotopic (exact) mass is 348 g/mol. The summed E-state index contributed by atoms with van der Waals surface area (Å²) < 4.78 is 0. The maximum atomic E-state index is 12.5. The van der Waals surface area contributed by atoms with E-state index in [4.69, 9.17) is 16.4 Å². The van der Waals surface area contributed by atoms with E-state index >= 15 is 0 Å². The van der Waals surface area contributed by atoms with Crippen LogP contribution in [0, 0.1) is 5.41 Å². The number of carbonyl (C=O) groups is 1. The van der Waals surface area contributed by atoms with Crippen molar-refractivity contribution in [2.24, 2.45) is 10.6 Å². The van der Waals surface area contributed by atoms with Crippen molar-refractivity contribution in [1.82, 2.24) is 4.90 Å². The molecule has 5 heteroatoms. The summed E-state index contributed by atoms with van der Waals surface area (Å²) >= 11 is 5.91. The van der Waals surface area contributed by atoms with Crippen LogP contribution >= 0.6 is 11.6 Å². The lowest BCUT2D eigenvalue weighted by Gasteiger charge is -2.27. The molecule has 0 fully saturated rings. The first-order chi connectivity index (χ1) is 11.3. The highest BCUT2D eigenvalue weighted by atomic mass is 35.5. The predicted molar refractivity (Wildman–Crippen MR) is 98.3 cm³/mol. The van der Waals surface area contributed by atoms with E-state index in [1.807, 2.05) is 24.3 Å². The molecule has 1 aliphatic heterocycles. The van der Waals surface area contributed by atoms with E-state index < -0.39 is 0 Å². The van der Waals surface area contributed by atoms with Crippen molar-refractivity contribution in [2.75, 3.05) is 13.1 Å². The molecule has 4 nitrogen and oxygen atoms in total. The van der Waals surface area contributed by atoms with Crippen LogP contribution in [0.4, 0.5) is 0 Å². The quantitative estimate of drug-likeness (QED) is 0.720. The Balaban J connectivity index is 1.96. The normalized spacial score (nSPS) is 17.2. The van der Waals surface area contributed by atoms with Crippen LogP contribution in [0.25, 0.3) is 0 Å². The molecule has 24 heavy (non-hydrogen) atoms. The fraction of sp³-hybridized carbons (Fsp3) is 0.474. The number of amides is 1. The largest absolute Gasteiger partial charge is 0.390 e. The van der Waals surface area contributed by atoms with Crippen LogP contribution in [-0.2, 0) is 9.63 Å². The van der Waals surface area contributed by atoms with Gasteiger partial charge in [0.25, 0.3) is 0 Å². The fourth-order valence-corrected chi connectivity index (χ4v) is 2.71. The molecule has 1 atom stereocenters. The molecular formula is C19H25ClN2O2. The van der Waals surface area contributed by atoms with Crippen molar-refractivity contribution in [3.8, 4) is 0 Å². The molecule has 0 N–H and O–H groups in total. The molecule has 0 radical (unpaired) electrons. The number of hydrogen-bond donors (Lipinski definition) is 0. The molecule has 0 saturated carbocycles. The lowest BCUT2D eigenvalue weighted by atomic mass is 9.91. The molecule has 1 aliphatic rings. The molecule has 0 unspecified atom stereocenters. The molecule has 0 saturated heterocycles. The second-order valence-corrected chi connectivity index (χ2v) is 7.74. The Morgan fingerprint density at radius 1 is 1.42 bits per heavy atom. The Labute approximate surface area is 149 Å². The van der Waals surface area contributed by atoms with Crippen molar-refractivity contribution in [1.29, 1.82) is 0 Å². The van der Waals surface area contributed by atoms with Crippen molar-refractivity contribution in [3.05, 3.63) is 47.5 Å². The van der Waals surface area contributed by atoms with Gasteiger partial charge < -0.3 is 9.74 Å². The first-order valence-corrected chi connectivity index (χ1v) is 8.53. The van der Waals surface area contributed by atoms with E-state index in [2.05, 4.69) is 32.5 Å². The standard InChI is InChI=1S/C19H25ClN2O2/c1-5-10-22(18(23)12-19(2,3)4)13-16-11-17(21-24-16)14-6-8-15(20)9-7-14/h5-9,16H,1,10-13H2,2-4H3/t16-/m1/s1. The van der Waals surface area contributed by atoms with Crippen molar-refractivity contribution in [3.63, 3.8) is 0 Å². The van der Waals surface area contributed by atoms with Crippen molar-refractivity contribution < 1.29 is 9.63 Å². The second-order valence-electron chi connectivity index (χ2n) is 7.30. The van der Waals surface area contributed by atoms with E-state index in [0.29, 0.717) is 31.0 Å². The third-order valence-corrected chi connectivity index (χ3v) is 3.97. The molecule has 0 aromatic heterocycles. The summed E-state index contributed by atoms with van der Waals surface area (Å²) in [7, 11) is 0. The van der Waals surface area contributed by atoms with Crippen molar-refractivity contribution in [2.45, 2.75) is 39.7 Å². The van der Waals surface area contributed by atoms with Crippen LogP contribution in [-0.4, -0.2) is 35.7 Å². The van der Waals surface area contributed by atoms with Crippen LogP contribution in [0.3, 0.4) is 0 Å². The minimum atomic E-state index is -0.125. The zero-order chi connectivity index (χ0) is 17.7.